The van der Waals surface area contributed by atoms with Gasteiger partial charge in [0, 0.05) is 17.4 Å². The van der Waals surface area contributed by atoms with Gasteiger partial charge in [-0.1, -0.05) is 22.4 Å². The van der Waals surface area contributed by atoms with Gasteiger partial charge in [-0.25, -0.2) is 0 Å². The first kappa shape index (κ1) is 13.8. The zero-order valence-electron chi connectivity index (χ0n) is 11.4. The van der Waals surface area contributed by atoms with E-state index in [9.17, 15) is 0 Å². The van der Waals surface area contributed by atoms with E-state index in [1.54, 1.807) is 0 Å². The molecule has 1 aliphatic heterocycles. The van der Waals surface area contributed by atoms with Crippen LogP contribution in [0.3, 0.4) is 0 Å². The Morgan fingerprint density at radius 2 is 2.06 bits per heavy atom. The van der Waals surface area contributed by atoms with Gasteiger partial charge in [0.15, 0.2) is 0 Å². The quantitative estimate of drug-likeness (QED) is 0.721. The summed E-state index contributed by atoms with van der Waals surface area (Å²) in [6.45, 7) is 3.89. The van der Waals surface area contributed by atoms with Gasteiger partial charge in [-0.05, 0) is 65.2 Å². The van der Waals surface area contributed by atoms with Gasteiger partial charge in [0.2, 0.25) is 0 Å². The normalized spacial score (nSPS) is 34.9. The third-order valence-corrected chi connectivity index (χ3v) is 5.26. The number of alkyl halides is 1. The minimum absolute atomic E-state index is 0.811. The lowest BCUT2D eigenvalue weighted by atomic mass is 9.85. The van der Waals surface area contributed by atoms with Crippen LogP contribution in [0.4, 0.5) is 0 Å². The second kappa shape index (κ2) is 6.53. The van der Waals surface area contributed by atoms with Crippen LogP contribution in [0.15, 0.2) is 0 Å². The number of nitrogens with zero attached hydrogens (tertiary/aromatic N) is 2. The molecule has 0 amide bonds. The molecule has 1 saturated carbocycles. The molecule has 1 unspecified atom stereocenters. The largest absolute Gasteiger partial charge is 0.306 e. The van der Waals surface area contributed by atoms with Gasteiger partial charge in [0.1, 0.15) is 0 Å². The molecule has 0 aromatic rings. The van der Waals surface area contributed by atoms with Crippen LogP contribution in [0.25, 0.3) is 0 Å². The van der Waals surface area contributed by atoms with Crippen molar-refractivity contribution in [1.29, 1.82) is 0 Å². The topological polar surface area (TPSA) is 6.48 Å². The van der Waals surface area contributed by atoms with E-state index >= 15 is 0 Å². The maximum atomic E-state index is 3.67. The van der Waals surface area contributed by atoms with Gasteiger partial charge >= 0.3 is 0 Å². The second-order valence-electron chi connectivity index (χ2n) is 6.12. The zero-order valence-corrected chi connectivity index (χ0v) is 13.0. The zero-order chi connectivity index (χ0) is 12.3. The molecule has 3 heteroatoms. The van der Waals surface area contributed by atoms with Crippen molar-refractivity contribution in [3.8, 4) is 0 Å². The van der Waals surface area contributed by atoms with Crippen molar-refractivity contribution in [2.45, 2.75) is 49.4 Å². The van der Waals surface area contributed by atoms with Crippen LogP contribution in [0.2, 0.25) is 0 Å². The molecular formula is C14H27BrN2. The summed E-state index contributed by atoms with van der Waals surface area (Å²) in [5.74, 6) is 0.952. The summed E-state index contributed by atoms with van der Waals surface area (Å²) in [6.07, 6.45) is 8.38. The Balaban J connectivity index is 1.60. The predicted octanol–water partition coefficient (Wildman–Crippen LogP) is 2.97. The smallest absolute Gasteiger partial charge is 0.0152 e. The Morgan fingerprint density at radius 1 is 1.29 bits per heavy atom. The molecule has 2 rings (SSSR count). The number of rotatable bonds is 5. The van der Waals surface area contributed by atoms with Crippen molar-refractivity contribution in [3.63, 3.8) is 0 Å². The highest BCUT2D eigenvalue weighted by molar-refractivity contribution is 9.09. The summed E-state index contributed by atoms with van der Waals surface area (Å²) in [5.41, 5.74) is 0. The minimum Gasteiger partial charge on any atom is -0.306 e. The van der Waals surface area contributed by atoms with Crippen molar-refractivity contribution < 1.29 is 0 Å². The van der Waals surface area contributed by atoms with Crippen LogP contribution in [0.5, 0.6) is 0 Å². The Hall–Kier alpha value is 0.400. The van der Waals surface area contributed by atoms with E-state index in [4.69, 9.17) is 0 Å². The maximum absolute atomic E-state index is 3.67. The van der Waals surface area contributed by atoms with E-state index in [-0.39, 0.29) is 0 Å². The first-order valence-corrected chi connectivity index (χ1v) is 8.09. The SMILES string of the molecule is CN(CCC1CCCCN1C)CC1CC(Br)C1. The molecule has 1 heterocycles. The number of hydrogen-bond donors (Lipinski definition) is 0. The predicted molar refractivity (Wildman–Crippen MR) is 77.8 cm³/mol. The first-order chi connectivity index (χ1) is 8.15. The van der Waals surface area contributed by atoms with Crippen LogP contribution in [-0.2, 0) is 0 Å². The monoisotopic (exact) mass is 302 g/mol. The van der Waals surface area contributed by atoms with Crippen molar-refractivity contribution >= 4 is 15.9 Å². The lowest BCUT2D eigenvalue weighted by Gasteiger charge is -2.36. The summed E-state index contributed by atoms with van der Waals surface area (Å²) in [4.78, 5) is 5.92. The average Bonchev–Trinajstić information content (AvgIpc) is 2.26. The summed E-state index contributed by atoms with van der Waals surface area (Å²) in [6, 6.07) is 0.844. The molecule has 17 heavy (non-hydrogen) atoms. The van der Waals surface area contributed by atoms with Gasteiger partial charge in [-0.15, -0.1) is 0 Å². The molecule has 0 radical (unpaired) electrons. The molecule has 0 aromatic carbocycles. The highest BCUT2D eigenvalue weighted by atomic mass is 79.9. The lowest BCUT2D eigenvalue weighted by Crippen LogP contribution is -2.40. The molecule has 1 saturated heterocycles. The molecule has 1 atom stereocenters. The van der Waals surface area contributed by atoms with Gasteiger partial charge in [0.05, 0.1) is 0 Å². The highest BCUT2D eigenvalue weighted by Gasteiger charge is 2.27. The molecule has 2 aliphatic rings. The maximum Gasteiger partial charge on any atom is 0.0152 e. The first-order valence-electron chi connectivity index (χ1n) is 7.18. The Morgan fingerprint density at radius 3 is 2.71 bits per heavy atom. The number of piperidine rings is 1. The molecule has 0 bridgehead atoms. The van der Waals surface area contributed by atoms with Gasteiger partial charge in [-0.2, -0.15) is 0 Å². The molecule has 0 spiro atoms. The molecule has 2 nitrogen and oxygen atoms in total. The number of likely N-dealkylation sites (tertiary alicyclic amines) is 1. The lowest BCUT2D eigenvalue weighted by molar-refractivity contribution is 0.148. The molecular weight excluding hydrogens is 276 g/mol. The van der Waals surface area contributed by atoms with Crippen LogP contribution in [0, 0.1) is 5.92 Å². The van der Waals surface area contributed by atoms with E-state index in [1.165, 1.54) is 58.2 Å². The van der Waals surface area contributed by atoms with E-state index < -0.39 is 0 Å². The second-order valence-corrected chi connectivity index (χ2v) is 7.41. The van der Waals surface area contributed by atoms with E-state index in [0.717, 1.165) is 16.8 Å². The van der Waals surface area contributed by atoms with Crippen molar-refractivity contribution in [1.82, 2.24) is 9.80 Å². The van der Waals surface area contributed by atoms with E-state index in [2.05, 4.69) is 39.8 Å². The fourth-order valence-electron chi connectivity index (χ4n) is 3.21. The third-order valence-electron chi connectivity index (χ3n) is 4.51. The fraction of sp³-hybridized carbons (Fsp3) is 1.00. The summed E-state index contributed by atoms with van der Waals surface area (Å²) >= 11 is 3.67. The molecule has 1 aliphatic carbocycles. The number of halogens is 1. The average molecular weight is 303 g/mol. The fourth-order valence-corrected chi connectivity index (χ4v) is 4.27. The van der Waals surface area contributed by atoms with Gasteiger partial charge < -0.3 is 9.80 Å². The van der Waals surface area contributed by atoms with Crippen LogP contribution in [-0.4, -0.2) is 54.4 Å². The molecule has 0 N–H and O–H groups in total. The van der Waals surface area contributed by atoms with Crippen LogP contribution >= 0.6 is 15.9 Å². The molecule has 0 aromatic heterocycles. The standard InChI is InChI=1S/C14H27BrN2/c1-16(11-12-9-13(15)10-12)8-6-14-5-3-4-7-17(14)2/h12-14H,3-11H2,1-2H3. The van der Waals surface area contributed by atoms with Crippen LogP contribution in [0.1, 0.15) is 38.5 Å². The summed E-state index contributed by atoms with van der Waals surface area (Å²) in [5, 5.41) is 0. The van der Waals surface area contributed by atoms with E-state index in [1.807, 2.05) is 0 Å². The summed E-state index contributed by atoms with van der Waals surface area (Å²) in [7, 11) is 4.59. The Kier molecular flexibility index (Phi) is 5.31. The highest BCUT2D eigenvalue weighted by Crippen LogP contribution is 2.33. The van der Waals surface area contributed by atoms with Crippen LogP contribution < -0.4 is 0 Å². The Labute approximate surface area is 115 Å². The van der Waals surface area contributed by atoms with Gasteiger partial charge in [-0.3, -0.25) is 0 Å². The van der Waals surface area contributed by atoms with E-state index in [0.29, 0.717) is 0 Å². The minimum atomic E-state index is 0.811. The van der Waals surface area contributed by atoms with Crippen molar-refractivity contribution in [2.24, 2.45) is 5.92 Å². The third kappa shape index (κ3) is 4.22. The van der Waals surface area contributed by atoms with Gasteiger partial charge in [0.25, 0.3) is 0 Å². The summed E-state index contributed by atoms with van der Waals surface area (Å²) < 4.78 is 0. The van der Waals surface area contributed by atoms with Crippen molar-refractivity contribution in [3.05, 3.63) is 0 Å². The number of hydrogen-bond acceptors (Lipinski definition) is 2. The molecule has 100 valence electrons. The van der Waals surface area contributed by atoms with Crippen molar-refractivity contribution in [2.75, 3.05) is 33.7 Å². The molecule has 2 fully saturated rings. The Bertz CT molecular complexity index is 228.